The Morgan fingerprint density at radius 1 is 1.19 bits per heavy atom. The third-order valence-corrected chi connectivity index (χ3v) is 5.54. The lowest BCUT2D eigenvalue weighted by molar-refractivity contribution is 0.330. The molecule has 2 fully saturated rings. The van der Waals surface area contributed by atoms with Crippen LogP contribution in [0.1, 0.15) is 38.5 Å². The van der Waals surface area contributed by atoms with Gasteiger partial charge in [-0.15, -0.1) is 24.0 Å². The van der Waals surface area contributed by atoms with Crippen LogP contribution in [0.5, 0.6) is 0 Å². The maximum absolute atomic E-state index is 4.30. The minimum atomic E-state index is 0. The van der Waals surface area contributed by atoms with E-state index >= 15 is 0 Å². The Morgan fingerprint density at radius 3 is 2.67 bits per heavy atom. The van der Waals surface area contributed by atoms with Crippen molar-refractivity contribution in [2.24, 2.45) is 4.99 Å². The molecule has 1 atom stereocenters. The predicted molar refractivity (Wildman–Crippen MR) is 105 cm³/mol. The van der Waals surface area contributed by atoms with Gasteiger partial charge in [-0.25, -0.2) is 0 Å². The van der Waals surface area contributed by atoms with Gasteiger partial charge in [-0.05, 0) is 63.9 Å². The van der Waals surface area contributed by atoms with Crippen LogP contribution in [0.4, 0.5) is 0 Å². The third-order valence-electron chi connectivity index (χ3n) is 4.14. The lowest BCUT2D eigenvalue weighted by Gasteiger charge is -2.16. The van der Waals surface area contributed by atoms with Gasteiger partial charge < -0.3 is 15.5 Å². The molecule has 1 unspecified atom stereocenters. The Kier molecular flexibility index (Phi) is 10.9. The van der Waals surface area contributed by atoms with Crippen molar-refractivity contribution in [3.8, 4) is 0 Å². The second-order valence-corrected chi connectivity index (χ2v) is 7.18. The van der Waals surface area contributed by atoms with Crippen molar-refractivity contribution in [2.45, 2.75) is 43.8 Å². The molecule has 2 aliphatic rings. The first-order valence-corrected chi connectivity index (χ1v) is 9.22. The molecule has 0 aromatic rings. The van der Waals surface area contributed by atoms with Crippen LogP contribution < -0.4 is 10.6 Å². The molecule has 2 rings (SSSR count). The Bertz CT molecular complexity index is 289. The lowest BCUT2D eigenvalue weighted by Crippen LogP contribution is -2.40. The summed E-state index contributed by atoms with van der Waals surface area (Å²) < 4.78 is 0. The van der Waals surface area contributed by atoms with Crippen molar-refractivity contribution >= 4 is 41.7 Å². The van der Waals surface area contributed by atoms with Gasteiger partial charge in [-0.2, -0.15) is 11.8 Å². The summed E-state index contributed by atoms with van der Waals surface area (Å²) in [5, 5.41) is 7.66. The van der Waals surface area contributed by atoms with E-state index in [0.29, 0.717) is 0 Å². The smallest absolute Gasteiger partial charge is 0.191 e. The highest BCUT2D eigenvalue weighted by Crippen LogP contribution is 2.25. The fraction of sp³-hybridized carbons (Fsp3) is 0.933. The largest absolute Gasteiger partial charge is 0.356 e. The van der Waals surface area contributed by atoms with Crippen LogP contribution in [0.2, 0.25) is 0 Å². The van der Waals surface area contributed by atoms with Gasteiger partial charge in [-0.1, -0.05) is 0 Å². The van der Waals surface area contributed by atoms with Crippen molar-refractivity contribution in [3.05, 3.63) is 0 Å². The molecule has 0 saturated carbocycles. The van der Waals surface area contributed by atoms with Crippen molar-refractivity contribution in [1.82, 2.24) is 15.5 Å². The summed E-state index contributed by atoms with van der Waals surface area (Å²) in [6.07, 6.45) is 8.05. The normalized spacial score (nSPS) is 23.1. The molecule has 21 heavy (non-hydrogen) atoms. The lowest BCUT2D eigenvalue weighted by atomic mass is 10.2. The highest BCUT2D eigenvalue weighted by Gasteiger charge is 2.15. The van der Waals surface area contributed by atoms with Crippen LogP contribution in [0.25, 0.3) is 0 Å². The van der Waals surface area contributed by atoms with Gasteiger partial charge >= 0.3 is 0 Å². The van der Waals surface area contributed by atoms with E-state index in [2.05, 4.69) is 32.3 Å². The number of hydrogen-bond acceptors (Lipinski definition) is 3. The average molecular weight is 426 g/mol. The standard InChI is InChI=1S/C15H30N4S.HI/c1-16-15(18-13-14-7-6-12-20-14)17-8-2-3-9-19-10-4-5-11-19;/h14H,2-13H2,1H3,(H2,16,17,18);1H. The zero-order chi connectivity index (χ0) is 14.0. The molecule has 6 heteroatoms. The van der Waals surface area contributed by atoms with Gasteiger partial charge in [0.25, 0.3) is 0 Å². The molecule has 2 heterocycles. The number of unbranched alkanes of at least 4 members (excludes halogenated alkanes) is 1. The second kappa shape index (κ2) is 11.8. The number of hydrogen-bond donors (Lipinski definition) is 2. The molecule has 0 radical (unpaired) electrons. The van der Waals surface area contributed by atoms with Gasteiger partial charge in [-0.3, -0.25) is 4.99 Å². The quantitative estimate of drug-likeness (QED) is 0.284. The van der Waals surface area contributed by atoms with E-state index in [1.165, 1.54) is 63.9 Å². The highest BCUT2D eigenvalue weighted by atomic mass is 127. The highest BCUT2D eigenvalue weighted by molar-refractivity contribution is 14.0. The van der Waals surface area contributed by atoms with E-state index in [1.54, 1.807) is 0 Å². The fourth-order valence-corrected chi connectivity index (χ4v) is 4.11. The summed E-state index contributed by atoms with van der Waals surface area (Å²) in [5.74, 6) is 2.30. The molecule has 2 N–H and O–H groups in total. The van der Waals surface area contributed by atoms with E-state index in [4.69, 9.17) is 0 Å². The van der Waals surface area contributed by atoms with Gasteiger partial charge in [0.1, 0.15) is 0 Å². The molecule has 0 aromatic heterocycles. The van der Waals surface area contributed by atoms with E-state index < -0.39 is 0 Å². The monoisotopic (exact) mass is 426 g/mol. The van der Waals surface area contributed by atoms with Gasteiger partial charge in [0.15, 0.2) is 5.96 Å². The van der Waals surface area contributed by atoms with Gasteiger partial charge in [0.05, 0.1) is 0 Å². The van der Waals surface area contributed by atoms with Crippen LogP contribution in [0.15, 0.2) is 4.99 Å². The molecule has 2 aliphatic heterocycles. The van der Waals surface area contributed by atoms with Crippen molar-refractivity contribution < 1.29 is 0 Å². The maximum Gasteiger partial charge on any atom is 0.191 e. The molecule has 124 valence electrons. The first kappa shape index (κ1) is 19.4. The van der Waals surface area contributed by atoms with Crippen LogP contribution in [0, 0.1) is 0 Å². The molecule has 2 saturated heterocycles. The number of guanidine groups is 1. The van der Waals surface area contributed by atoms with Gasteiger partial charge in [0.2, 0.25) is 0 Å². The average Bonchev–Trinajstić information content (AvgIpc) is 3.14. The van der Waals surface area contributed by atoms with Crippen molar-refractivity contribution in [3.63, 3.8) is 0 Å². The van der Waals surface area contributed by atoms with Crippen LogP contribution in [-0.2, 0) is 0 Å². The Hall–Kier alpha value is 0.310. The summed E-state index contributed by atoms with van der Waals surface area (Å²) in [6.45, 7) is 5.99. The number of nitrogens with one attached hydrogen (secondary N) is 2. The zero-order valence-electron chi connectivity index (χ0n) is 13.3. The number of halogens is 1. The van der Waals surface area contributed by atoms with E-state index in [-0.39, 0.29) is 24.0 Å². The third kappa shape index (κ3) is 7.93. The summed E-state index contributed by atoms with van der Waals surface area (Å²) in [4.78, 5) is 6.89. The summed E-state index contributed by atoms with van der Waals surface area (Å²) in [7, 11) is 1.86. The van der Waals surface area contributed by atoms with E-state index in [0.717, 1.165) is 24.3 Å². The predicted octanol–water partition coefficient (Wildman–Crippen LogP) is 2.54. The number of thioether (sulfide) groups is 1. The Morgan fingerprint density at radius 2 is 2.00 bits per heavy atom. The van der Waals surface area contributed by atoms with Crippen LogP contribution in [-0.4, -0.2) is 61.6 Å². The minimum absolute atomic E-state index is 0. The second-order valence-electron chi connectivity index (χ2n) is 5.77. The molecule has 0 amide bonds. The minimum Gasteiger partial charge on any atom is -0.356 e. The van der Waals surface area contributed by atoms with Gasteiger partial charge in [0, 0.05) is 25.4 Å². The molecular weight excluding hydrogens is 395 g/mol. The van der Waals surface area contributed by atoms with Crippen molar-refractivity contribution in [1.29, 1.82) is 0 Å². The van der Waals surface area contributed by atoms with E-state index in [9.17, 15) is 0 Å². The molecule has 0 spiro atoms. The summed E-state index contributed by atoms with van der Waals surface area (Å²) >= 11 is 2.09. The zero-order valence-corrected chi connectivity index (χ0v) is 16.4. The number of nitrogens with zero attached hydrogens (tertiary/aromatic N) is 2. The van der Waals surface area contributed by atoms with Crippen LogP contribution >= 0.6 is 35.7 Å². The molecule has 0 aromatic carbocycles. The topological polar surface area (TPSA) is 39.7 Å². The Balaban J connectivity index is 0.00000220. The van der Waals surface area contributed by atoms with E-state index in [1.807, 2.05) is 7.05 Å². The maximum atomic E-state index is 4.30. The summed E-state index contributed by atoms with van der Waals surface area (Å²) in [6, 6.07) is 0. The fourth-order valence-electron chi connectivity index (χ4n) is 2.91. The van der Waals surface area contributed by atoms with Crippen LogP contribution in [0.3, 0.4) is 0 Å². The number of rotatable bonds is 7. The number of aliphatic imine (C=N–C) groups is 1. The molecule has 0 aliphatic carbocycles. The van der Waals surface area contributed by atoms with Crippen molar-refractivity contribution in [2.75, 3.05) is 45.5 Å². The molecule has 4 nitrogen and oxygen atoms in total. The number of likely N-dealkylation sites (tertiary alicyclic amines) is 1. The first-order valence-electron chi connectivity index (χ1n) is 8.17. The molecular formula is C15H31IN4S. The molecule has 0 bridgehead atoms. The SMILES string of the molecule is CN=C(NCCCCN1CCCC1)NCC1CCCS1.I. The first-order chi connectivity index (χ1) is 9.88. The Labute approximate surface area is 151 Å². The summed E-state index contributed by atoms with van der Waals surface area (Å²) in [5.41, 5.74) is 0.